The molecule has 0 bridgehead atoms. The van der Waals surface area contributed by atoms with E-state index >= 15 is 0 Å². The van der Waals surface area contributed by atoms with E-state index in [2.05, 4.69) is 9.88 Å². The molecule has 0 saturated carbocycles. The normalized spacial score (nSPS) is 15.1. The van der Waals surface area contributed by atoms with Crippen molar-refractivity contribution in [3.63, 3.8) is 0 Å². The Morgan fingerprint density at radius 2 is 1.69 bits per heavy atom. The average molecular weight is 415 g/mol. The van der Waals surface area contributed by atoms with Gasteiger partial charge >= 0.3 is 0 Å². The maximum Gasteiger partial charge on any atom is 0.274 e. The van der Waals surface area contributed by atoms with Gasteiger partial charge in [-0.15, -0.1) is 0 Å². The molecule has 1 saturated heterocycles. The summed E-state index contributed by atoms with van der Waals surface area (Å²) in [6.07, 6.45) is 0. The maximum absolute atomic E-state index is 12.6. The van der Waals surface area contributed by atoms with Gasteiger partial charge in [-0.1, -0.05) is 34.8 Å². The van der Waals surface area contributed by atoms with Crippen LogP contribution in [0.25, 0.3) is 0 Å². The monoisotopic (exact) mass is 413 g/mol. The Labute approximate surface area is 167 Å². The van der Waals surface area contributed by atoms with Gasteiger partial charge in [-0.25, -0.2) is 4.98 Å². The topological polar surface area (TPSA) is 45.7 Å². The lowest BCUT2D eigenvalue weighted by Gasteiger charge is -2.34. The summed E-state index contributed by atoms with van der Waals surface area (Å²) < 4.78 is 5.71. The first-order chi connectivity index (χ1) is 12.5. The highest BCUT2D eigenvalue weighted by molar-refractivity contribution is 6.34. The molecule has 1 aromatic heterocycles. The Bertz CT molecular complexity index is 763. The summed E-state index contributed by atoms with van der Waals surface area (Å²) in [6.45, 7) is 4.15. The van der Waals surface area contributed by atoms with E-state index < -0.39 is 0 Å². The van der Waals surface area contributed by atoms with E-state index in [4.69, 9.17) is 39.5 Å². The van der Waals surface area contributed by atoms with Gasteiger partial charge in [0.2, 0.25) is 0 Å². The van der Waals surface area contributed by atoms with E-state index in [1.165, 1.54) is 0 Å². The van der Waals surface area contributed by atoms with Gasteiger partial charge < -0.3 is 9.64 Å². The molecule has 1 amide bonds. The number of halogens is 3. The van der Waals surface area contributed by atoms with Crippen LogP contribution >= 0.6 is 34.8 Å². The first kappa shape index (κ1) is 19.2. The van der Waals surface area contributed by atoms with Crippen LogP contribution in [0.3, 0.4) is 0 Å². The third-order valence-electron chi connectivity index (χ3n) is 4.16. The molecular weight excluding hydrogens is 397 g/mol. The zero-order valence-electron chi connectivity index (χ0n) is 14.0. The molecular formula is C18H18Cl3N3O2. The van der Waals surface area contributed by atoms with Crippen LogP contribution in [0.1, 0.15) is 10.5 Å². The van der Waals surface area contributed by atoms with E-state index in [9.17, 15) is 4.79 Å². The lowest BCUT2D eigenvalue weighted by Crippen LogP contribution is -2.49. The third-order valence-corrected chi connectivity index (χ3v) is 4.93. The van der Waals surface area contributed by atoms with E-state index in [1.54, 1.807) is 29.2 Å². The molecule has 8 heteroatoms. The predicted molar refractivity (Wildman–Crippen MR) is 104 cm³/mol. The second-order valence-corrected chi connectivity index (χ2v) is 7.13. The summed E-state index contributed by atoms with van der Waals surface area (Å²) in [7, 11) is 0. The van der Waals surface area contributed by atoms with Crippen LogP contribution in [0.5, 0.6) is 5.75 Å². The molecule has 1 fully saturated rings. The number of benzene rings is 1. The van der Waals surface area contributed by atoms with Crippen molar-refractivity contribution in [2.75, 3.05) is 39.3 Å². The minimum Gasteiger partial charge on any atom is -0.492 e. The fraction of sp³-hybridized carbons (Fsp3) is 0.333. The van der Waals surface area contributed by atoms with Gasteiger partial charge in [0.25, 0.3) is 5.91 Å². The molecule has 26 heavy (non-hydrogen) atoms. The molecule has 2 heterocycles. The van der Waals surface area contributed by atoms with E-state index in [0.29, 0.717) is 29.7 Å². The Hall–Kier alpha value is -1.53. The highest BCUT2D eigenvalue weighted by atomic mass is 35.5. The Kier molecular flexibility index (Phi) is 6.59. The number of ether oxygens (including phenoxy) is 1. The molecule has 1 aliphatic rings. The van der Waals surface area contributed by atoms with Crippen molar-refractivity contribution in [1.82, 2.24) is 14.8 Å². The molecule has 0 unspecified atom stereocenters. The summed E-state index contributed by atoms with van der Waals surface area (Å²) in [5.74, 6) is 0.611. The van der Waals surface area contributed by atoms with Crippen molar-refractivity contribution >= 4 is 40.7 Å². The lowest BCUT2D eigenvalue weighted by molar-refractivity contribution is 0.0615. The second kappa shape index (κ2) is 8.91. The van der Waals surface area contributed by atoms with Gasteiger partial charge in [0, 0.05) is 37.7 Å². The molecule has 0 N–H and O–H groups in total. The first-order valence-corrected chi connectivity index (χ1v) is 9.38. The van der Waals surface area contributed by atoms with Crippen molar-refractivity contribution in [2.45, 2.75) is 0 Å². The lowest BCUT2D eigenvalue weighted by atomic mass is 10.2. The van der Waals surface area contributed by atoms with E-state index in [1.807, 2.05) is 12.1 Å². The van der Waals surface area contributed by atoms with Gasteiger partial charge in [-0.05, 0) is 36.4 Å². The molecule has 2 aromatic rings. The van der Waals surface area contributed by atoms with Gasteiger partial charge in [0.15, 0.2) is 0 Å². The van der Waals surface area contributed by atoms with Crippen LogP contribution in [0, 0.1) is 0 Å². The number of rotatable bonds is 5. The number of hydrogen-bond donors (Lipinski definition) is 0. The van der Waals surface area contributed by atoms with Gasteiger partial charge in [-0.3, -0.25) is 9.69 Å². The number of carbonyl (C=O) groups excluding carboxylic acids is 1. The quantitative estimate of drug-likeness (QED) is 0.697. The third kappa shape index (κ3) is 5.01. The Morgan fingerprint density at radius 1 is 1.00 bits per heavy atom. The number of carbonyl (C=O) groups is 1. The smallest absolute Gasteiger partial charge is 0.274 e. The molecule has 138 valence electrons. The number of pyridine rings is 1. The standard InChI is InChI=1S/C18H18Cl3N3O2/c19-13-1-3-14(4-2-13)26-12-11-23-7-9-24(10-8-23)18(25)17-15(20)5-6-16(21)22-17/h1-6H,7-12H2. The number of aromatic nitrogens is 1. The van der Waals surface area contributed by atoms with E-state index in [0.717, 1.165) is 25.4 Å². The first-order valence-electron chi connectivity index (χ1n) is 8.25. The molecule has 0 atom stereocenters. The molecule has 3 rings (SSSR count). The molecule has 1 aliphatic heterocycles. The van der Waals surface area contributed by atoms with Crippen LogP contribution in [0.4, 0.5) is 0 Å². The second-order valence-electron chi connectivity index (χ2n) is 5.90. The highest BCUT2D eigenvalue weighted by Gasteiger charge is 2.24. The SMILES string of the molecule is O=C(c1nc(Cl)ccc1Cl)N1CCN(CCOc2ccc(Cl)cc2)CC1. The Morgan fingerprint density at radius 3 is 2.38 bits per heavy atom. The van der Waals surface area contributed by atoms with Crippen molar-refractivity contribution < 1.29 is 9.53 Å². The minimum absolute atomic E-state index is 0.186. The summed E-state index contributed by atoms with van der Waals surface area (Å²) in [4.78, 5) is 20.6. The zero-order valence-corrected chi connectivity index (χ0v) is 16.3. The van der Waals surface area contributed by atoms with Crippen LogP contribution in [-0.4, -0.2) is 60.0 Å². The number of amides is 1. The van der Waals surface area contributed by atoms with Crippen LogP contribution in [0.2, 0.25) is 15.2 Å². The summed E-state index contributed by atoms with van der Waals surface area (Å²) in [5.41, 5.74) is 0.207. The number of piperazine rings is 1. The molecule has 5 nitrogen and oxygen atoms in total. The average Bonchev–Trinajstić information content (AvgIpc) is 2.65. The number of hydrogen-bond acceptors (Lipinski definition) is 4. The van der Waals surface area contributed by atoms with Crippen LogP contribution < -0.4 is 4.74 Å². The molecule has 1 aromatic carbocycles. The minimum atomic E-state index is -0.186. The van der Waals surface area contributed by atoms with Crippen molar-refractivity contribution in [1.29, 1.82) is 0 Å². The summed E-state index contributed by atoms with van der Waals surface area (Å²) >= 11 is 17.8. The van der Waals surface area contributed by atoms with Gasteiger partial charge in [-0.2, -0.15) is 0 Å². The number of nitrogens with zero attached hydrogens (tertiary/aromatic N) is 3. The van der Waals surface area contributed by atoms with Crippen LogP contribution in [0.15, 0.2) is 36.4 Å². The maximum atomic E-state index is 12.6. The molecule has 0 aliphatic carbocycles. The van der Waals surface area contributed by atoms with Crippen LogP contribution in [-0.2, 0) is 0 Å². The largest absolute Gasteiger partial charge is 0.492 e. The molecule has 0 radical (unpaired) electrons. The zero-order chi connectivity index (χ0) is 18.5. The summed E-state index contributed by atoms with van der Waals surface area (Å²) in [5, 5.41) is 1.27. The van der Waals surface area contributed by atoms with Crippen molar-refractivity contribution in [3.8, 4) is 5.75 Å². The fourth-order valence-electron chi connectivity index (χ4n) is 2.72. The van der Waals surface area contributed by atoms with Gasteiger partial charge in [0.1, 0.15) is 23.2 Å². The fourth-order valence-corrected chi connectivity index (χ4v) is 3.18. The van der Waals surface area contributed by atoms with Gasteiger partial charge in [0.05, 0.1) is 5.02 Å². The summed E-state index contributed by atoms with van der Waals surface area (Å²) in [6, 6.07) is 10.5. The molecule has 0 spiro atoms. The highest BCUT2D eigenvalue weighted by Crippen LogP contribution is 2.19. The Balaban J connectivity index is 1.46. The van der Waals surface area contributed by atoms with Crippen molar-refractivity contribution in [3.05, 3.63) is 57.3 Å². The van der Waals surface area contributed by atoms with E-state index in [-0.39, 0.29) is 16.8 Å². The predicted octanol–water partition coefficient (Wildman–Crippen LogP) is 3.88. The van der Waals surface area contributed by atoms with Crippen molar-refractivity contribution in [2.24, 2.45) is 0 Å².